The van der Waals surface area contributed by atoms with Gasteiger partial charge in [-0.2, -0.15) is 0 Å². The molecule has 55 heavy (non-hydrogen) atoms. The molecule has 7 aromatic carbocycles. The zero-order valence-electron chi connectivity index (χ0n) is 29.7. The molecule has 0 amide bonds. The second-order valence-corrected chi connectivity index (χ2v) is 13.5. The van der Waals surface area contributed by atoms with Gasteiger partial charge in [0.1, 0.15) is 11.2 Å². The second-order valence-electron chi connectivity index (χ2n) is 13.5. The van der Waals surface area contributed by atoms with Crippen LogP contribution in [0.3, 0.4) is 0 Å². The number of nitrogens with zero attached hydrogens (tertiary/aromatic N) is 4. The first-order valence-corrected chi connectivity index (χ1v) is 18.3. The molecule has 10 aromatic rings. The Morgan fingerprint density at radius 1 is 0.273 bits per heavy atom. The molecule has 0 atom stereocenters. The van der Waals surface area contributed by atoms with Crippen molar-refractivity contribution in [3.05, 3.63) is 194 Å². The molecule has 10 rings (SSSR count). The van der Waals surface area contributed by atoms with E-state index in [9.17, 15) is 0 Å². The third-order valence-electron chi connectivity index (χ3n) is 9.95. The fourth-order valence-corrected chi connectivity index (χ4v) is 7.19. The predicted molar refractivity (Wildman–Crippen MR) is 223 cm³/mol. The minimum Gasteiger partial charge on any atom is -0.456 e. The summed E-state index contributed by atoms with van der Waals surface area (Å²) in [5.41, 5.74) is 12.3. The highest BCUT2D eigenvalue weighted by molar-refractivity contribution is 6.06. The molecule has 0 aliphatic heterocycles. The molecule has 0 spiro atoms. The number of hydrogen-bond donors (Lipinski definition) is 0. The first kappa shape index (κ1) is 32.2. The van der Waals surface area contributed by atoms with Crippen LogP contribution in [-0.4, -0.2) is 19.9 Å². The zero-order valence-corrected chi connectivity index (χ0v) is 29.7. The van der Waals surface area contributed by atoms with E-state index in [1.54, 1.807) is 0 Å². The third-order valence-corrected chi connectivity index (χ3v) is 9.95. The summed E-state index contributed by atoms with van der Waals surface area (Å²) in [6.07, 6.45) is 0. The van der Waals surface area contributed by atoms with E-state index in [-0.39, 0.29) is 0 Å². The van der Waals surface area contributed by atoms with Crippen LogP contribution in [0.15, 0.2) is 199 Å². The van der Waals surface area contributed by atoms with Gasteiger partial charge in [0.2, 0.25) is 0 Å². The zero-order chi connectivity index (χ0) is 36.6. The molecular weight excluding hydrogens is 673 g/mol. The molecule has 0 fully saturated rings. The van der Waals surface area contributed by atoms with Gasteiger partial charge in [0.25, 0.3) is 0 Å². The largest absolute Gasteiger partial charge is 0.456 e. The van der Waals surface area contributed by atoms with Crippen molar-refractivity contribution in [2.75, 3.05) is 0 Å². The second kappa shape index (κ2) is 13.8. The SMILES string of the molecule is c1ccc(-c2cc(-c3ccc(-c4ccc5c(c4)oc4ccccc45)c(-c4nc(-c5ccccc5)nc(-c5ccccc5)n4)c3)cc(-c3ccccc3)n2)cc1. The Hall–Kier alpha value is -7.50. The molecule has 0 saturated carbocycles. The van der Waals surface area contributed by atoms with Gasteiger partial charge in [-0.25, -0.2) is 19.9 Å². The molecule has 0 bridgehead atoms. The van der Waals surface area contributed by atoms with Gasteiger partial charge in [-0.15, -0.1) is 0 Å². The molecule has 3 aromatic heterocycles. The summed E-state index contributed by atoms with van der Waals surface area (Å²) in [5, 5.41) is 2.17. The van der Waals surface area contributed by atoms with E-state index in [1.165, 1.54) is 0 Å². The van der Waals surface area contributed by atoms with E-state index < -0.39 is 0 Å². The maximum Gasteiger partial charge on any atom is 0.164 e. The number of pyridine rings is 1. The number of furan rings is 1. The van der Waals surface area contributed by atoms with Crippen molar-refractivity contribution in [1.82, 2.24) is 19.9 Å². The summed E-state index contributed by atoms with van der Waals surface area (Å²) in [4.78, 5) is 20.5. The highest BCUT2D eigenvalue weighted by Crippen LogP contribution is 2.40. The van der Waals surface area contributed by atoms with Crippen LogP contribution in [0.25, 0.3) is 101 Å². The van der Waals surface area contributed by atoms with E-state index in [2.05, 4.69) is 78.9 Å². The molecule has 0 N–H and O–H groups in total. The van der Waals surface area contributed by atoms with Gasteiger partial charge >= 0.3 is 0 Å². The van der Waals surface area contributed by atoms with Crippen molar-refractivity contribution < 1.29 is 4.42 Å². The molecule has 0 aliphatic carbocycles. The number of para-hydroxylation sites is 1. The lowest BCUT2D eigenvalue weighted by Crippen LogP contribution is -2.01. The average Bonchev–Trinajstić information content (AvgIpc) is 3.65. The fraction of sp³-hybridized carbons (Fsp3) is 0. The molecule has 3 heterocycles. The van der Waals surface area contributed by atoms with E-state index in [4.69, 9.17) is 24.4 Å². The van der Waals surface area contributed by atoms with Gasteiger partial charge in [-0.1, -0.05) is 158 Å². The lowest BCUT2D eigenvalue weighted by Gasteiger charge is -2.15. The van der Waals surface area contributed by atoms with Crippen LogP contribution >= 0.6 is 0 Å². The van der Waals surface area contributed by atoms with Crippen molar-refractivity contribution in [1.29, 1.82) is 0 Å². The molecule has 0 unspecified atom stereocenters. The van der Waals surface area contributed by atoms with E-state index in [1.807, 2.05) is 115 Å². The Bertz CT molecular complexity index is 2850. The Morgan fingerprint density at radius 2 is 0.764 bits per heavy atom. The molecule has 0 saturated heterocycles. The summed E-state index contributed by atoms with van der Waals surface area (Å²) in [6.45, 7) is 0. The summed E-state index contributed by atoms with van der Waals surface area (Å²) in [5.74, 6) is 1.79. The maximum atomic E-state index is 6.37. The third kappa shape index (κ3) is 6.24. The van der Waals surface area contributed by atoms with E-state index >= 15 is 0 Å². The van der Waals surface area contributed by atoms with Crippen molar-refractivity contribution in [2.24, 2.45) is 0 Å². The van der Waals surface area contributed by atoms with Crippen molar-refractivity contribution in [3.63, 3.8) is 0 Å². The summed E-state index contributed by atoms with van der Waals surface area (Å²) in [6, 6.07) is 66.3. The van der Waals surface area contributed by atoms with Gasteiger partial charge in [0.15, 0.2) is 17.5 Å². The van der Waals surface area contributed by atoms with Gasteiger partial charge in [0, 0.05) is 38.6 Å². The van der Waals surface area contributed by atoms with Crippen LogP contribution in [0.5, 0.6) is 0 Å². The van der Waals surface area contributed by atoms with Gasteiger partial charge in [-0.05, 0) is 58.7 Å². The lowest BCUT2D eigenvalue weighted by molar-refractivity contribution is 0.669. The molecule has 0 radical (unpaired) electrons. The van der Waals surface area contributed by atoms with Gasteiger partial charge < -0.3 is 4.42 Å². The Labute approximate surface area is 318 Å². The smallest absolute Gasteiger partial charge is 0.164 e. The quantitative estimate of drug-likeness (QED) is 0.165. The minimum absolute atomic E-state index is 0.579. The molecule has 258 valence electrons. The summed E-state index contributed by atoms with van der Waals surface area (Å²) < 4.78 is 6.37. The highest BCUT2D eigenvalue weighted by atomic mass is 16.3. The molecular formula is C50H32N4O. The van der Waals surface area contributed by atoms with Crippen LogP contribution in [-0.2, 0) is 0 Å². The van der Waals surface area contributed by atoms with Crippen LogP contribution in [0.1, 0.15) is 0 Å². The average molecular weight is 705 g/mol. The number of benzene rings is 7. The monoisotopic (exact) mass is 704 g/mol. The van der Waals surface area contributed by atoms with Gasteiger partial charge in [0.05, 0.1) is 11.4 Å². The fourth-order valence-electron chi connectivity index (χ4n) is 7.19. The van der Waals surface area contributed by atoms with Gasteiger partial charge in [-0.3, -0.25) is 0 Å². The first-order chi connectivity index (χ1) is 27.2. The standard InChI is InChI=1S/C50H32N4O/c1-5-15-33(16-6-1)44-30-39(31-45(51-44)34-17-7-2-8-18-34)37-25-27-40(38-26-28-42-41-23-13-14-24-46(41)55-47(42)32-38)43(29-37)50-53-48(35-19-9-3-10-20-35)52-49(54-50)36-21-11-4-12-22-36/h1-32H. The number of aromatic nitrogens is 4. The number of hydrogen-bond acceptors (Lipinski definition) is 5. The lowest BCUT2D eigenvalue weighted by atomic mass is 9.93. The number of fused-ring (bicyclic) bond motifs is 3. The predicted octanol–water partition coefficient (Wildman–Crippen LogP) is 12.8. The molecule has 5 heteroatoms. The highest BCUT2D eigenvalue weighted by Gasteiger charge is 2.19. The first-order valence-electron chi connectivity index (χ1n) is 18.3. The molecule has 0 aliphatic rings. The summed E-state index contributed by atoms with van der Waals surface area (Å²) in [7, 11) is 0. The summed E-state index contributed by atoms with van der Waals surface area (Å²) >= 11 is 0. The van der Waals surface area contributed by atoms with Crippen molar-refractivity contribution >= 4 is 21.9 Å². The Morgan fingerprint density at radius 3 is 1.36 bits per heavy atom. The Kier molecular flexibility index (Phi) is 8.08. The van der Waals surface area contributed by atoms with Crippen LogP contribution in [0.2, 0.25) is 0 Å². The van der Waals surface area contributed by atoms with Crippen molar-refractivity contribution in [2.45, 2.75) is 0 Å². The maximum absolute atomic E-state index is 6.37. The Balaban J connectivity index is 1.22. The van der Waals surface area contributed by atoms with Crippen molar-refractivity contribution in [3.8, 4) is 78.9 Å². The normalized spacial score (nSPS) is 11.3. The topological polar surface area (TPSA) is 64.7 Å². The van der Waals surface area contributed by atoms with E-state index in [0.717, 1.165) is 83.4 Å². The van der Waals surface area contributed by atoms with E-state index in [0.29, 0.717) is 17.5 Å². The molecule has 5 nitrogen and oxygen atoms in total. The van der Waals surface area contributed by atoms with Crippen LogP contribution < -0.4 is 0 Å². The van der Waals surface area contributed by atoms with Crippen LogP contribution in [0.4, 0.5) is 0 Å². The minimum atomic E-state index is 0.579. The number of rotatable bonds is 7. The van der Waals surface area contributed by atoms with Crippen LogP contribution in [0, 0.1) is 0 Å².